The van der Waals surface area contributed by atoms with Crippen LogP contribution >= 0.6 is 11.3 Å². The van der Waals surface area contributed by atoms with Crippen molar-refractivity contribution in [1.82, 2.24) is 19.7 Å². The Morgan fingerprint density at radius 1 is 1.26 bits per heavy atom. The summed E-state index contributed by atoms with van der Waals surface area (Å²) < 4.78 is 0. The normalized spacial score (nSPS) is 27.8. The first-order valence-electron chi connectivity index (χ1n) is 8.40. The van der Waals surface area contributed by atoms with Crippen LogP contribution in [-0.2, 0) is 11.3 Å². The van der Waals surface area contributed by atoms with E-state index in [-0.39, 0.29) is 18.1 Å². The Morgan fingerprint density at radius 3 is 2.65 bits per heavy atom. The smallest absolute Gasteiger partial charge is 0.219 e. The topological polar surface area (TPSA) is 59.9 Å². The number of amides is 1. The molecule has 1 aromatic rings. The lowest BCUT2D eigenvalue weighted by molar-refractivity contribution is -0.131. The molecule has 3 heterocycles. The number of hydrogen-bond donors (Lipinski definition) is 1. The summed E-state index contributed by atoms with van der Waals surface area (Å²) in [6.07, 6.45) is 1.51. The van der Waals surface area contributed by atoms with E-state index < -0.39 is 0 Å². The first kappa shape index (κ1) is 16.8. The van der Waals surface area contributed by atoms with Gasteiger partial charge in [-0.1, -0.05) is 0 Å². The molecule has 1 amide bonds. The zero-order valence-corrected chi connectivity index (χ0v) is 14.5. The Hall–Kier alpha value is -1.02. The Balaban J connectivity index is 1.53. The van der Waals surface area contributed by atoms with E-state index >= 15 is 0 Å². The fourth-order valence-corrected chi connectivity index (χ4v) is 4.17. The summed E-state index contributed by atoms with van der Waals surface area (Å²) in [7, 11) is 0. The van der Waals surface area contributed by atoms with E-state index in [1.165, 1.54) is 0 Å². The van der Waals surface area contributed by atoms with Gasteiger partial charge in [0, 0.05) is 64.2 Å². The van der Waals surface area contributed by atoms with E-state index in [2.05, 4.69) is 20.2 Å². The Morgan fingerprint density at radius 2 is 2.00 bits per heavy atom. The maximum Gasteiger partial charge on any atom is 0.219 e. The summed E-state index contributed by atoms with van der Waals surface area (Å²) >= 11 is 1.63. The highest BCUT2D eigenvalue weighted by molar-refractivity contribution is 7.07. The third-order valence-corrected chi connectivity index (χ3v) is 5.66. The molecule has 2 saturated heterocycles. The molecule has 0 unspecified atom stereocenters. The number of aliphatic hydroxyl groups is 1. The SMILES string of the molecule is CC(=O)N1CCN([C@H]2CCN(Cc3cscn3)CC[C@@H]2O)CC1. The van der Waals surface area contributed by atoms with Crippen LogP contribution in [0.15, 0.2) is 10.9 Å². The molecule has 6 nitrogen and oxygen atoms in total. The number of aromatic nitrogens is 1. The van der Waals surface area contributed by atoms with Crippen molar-refractivity contribution in [1.29, 1.82) is 0 Å². The lowest BCUT2D eigenvalue weighted by Crippen LogP contribution is -2.54. The molecule has 0 saturated carbocycles. The number of carbonyl (C=O) groups excluding carboxylic acids is 1. The molecule has 0 aromatic carbocycles. The third-order valence-electron chi connectivity index (χ3n) is 5.02. The summed E-state index contributed by atoms with van der Waals surface area (Å²) in [5.74, 6) is 0.153. The number of carbonyl (C=O) groups is 1. The quantitative estimate of drug-likeness (QED) is 0.876. The van der Waals surface area contributed by atoms with Gasteiger partial charge in [0.1, 0.15) is 0 Å². The Labute approximate surface area is 141 Å². The number of piperazine rings is 1. The van der Waals surface area contributed by atoms with Crippen LogP contribution in [0.25, 0.3) is 0 Å². The highest BCUT2D eigenvalue weighted by Crippen LogP contribution is 2.20. The molecule has 1 N–H and O–H groups in total. The average molecular weight is 338 g/mol. The maximum absolute atomic E-state index is 11.4. The monoisotopic (exact) mass is 338 g/mol. The standard InChI is InChI=1S/C16H26N4O2S/c1-13(21)19-6-8-20(9-7-19)15-2-4-18(5-3-16(15)22)10-14-11-23-12-17-14/h11-12,15-16,22H,2-10H2,1H3/t15-,16-/m0/s1. The van der Waals surface area contributed by atoms with Gasteiger partial charge in [-0.2, -0.15) is 0 Å². The predicted molar refractivity (Wildman–Crippen MR) is 90.2 cm³/mol. The molecule has 23 heavy (non-hydrogen) atoms. The van der Waals surface area contributed by atoms with Gasteiger partial charge in [0.15, 0.2) is 0 Å². The second-order valence-corrected chi connectivity index (χ2v) is 7.23. The van der Waals surface area contributed by atoms with Crippen LogP contribution in [0.1, 0.15) is 25.5 Å². The summed E-state index contributed by atoms with van der Waals surface area (Å²) in [5, 5.41) is 12.7. The van der Waals surface area contributed by atoms with Crippen LogP contribution in [0.3, 0.4) is 0 Å². The number of nitrogens with zero attached hydrogens (tertiary/aromatic N) is 4. The minimum Gasteiger partial charge on any atom is -0.391 e. The number of aliphatic hydroxyl groups excluding tert-OH is 1. The van der Waals surface area contributed by atoms with Crippen molar-refractivity contribution >= 4 is 17.2 Å². The molecular weight excluding hydrogens is 312 g/mol. The van der Waals surface area contributed by atoms with Crippen molar-refractivity contribution in [2.75, 3.05) is 39.3 Å². The first-order valence-corrected chi connectivity index (χ1v) is 9.35. The largest absolute Gasteiger partial charge is 0.391 e. The van der Waals surface area contributed by atoms with Crippen molar-refractivity contribution in [3.8, 4) is 0 Å². The van der Waals surface area contributed by atoms with Crippen LogP contribution < -0.4 is 0 Å². The van der Waals surface area contributed by atoms with Crippen molar-refractivity contribution in [2.45, 2.75) is 38.5 Å². The summed E-state index contributed by atoms with van der Waals surface area (Å²) in [6, 6.07) is 0.213. The molecule has 2 aliphatic heterocycles. The number of rotatable bonds is 3. The molecule has 2 fully saturated rings. The lowest BCUT2D eigenvalue weighted by atomic mass is 10.0. The van der Waals surface area contributed by atoms with Gasteiger partial charge in [0.05, 0.1) is 17.3 Å². The maximum atomic E-state index is 11.4. The van der Waals surface area contributed by atoms with Crippen LogP contribution in [0, 0.1) is 0 Å². The minimum absolute atomic E-state index is 0.153. The highest BCUT2D eigenvalue weighted by atomic mass is 32.1. The van der Waals surface area contributed by atoms with Crippen molar-refractivity contribution in [3.63, 3.8) is 0 Å². The summed E-state index contributed by atoms with van der Waals surface area (Å²) in [4.78, 5) is 22.5. The summed E-state index contributed by atoms with van der Waals surface area (Å²) in [5.41, 5.74) is 3.00. The zero-order valence-electron chi connectivity index (χ0n) is 13.7. The van der Waals surface area contributed by atoms with E-state index in [0.29, 0.717) is 0 Å². The second kappa shape index (κ2) is 7.70. The molecule has 0 radical (unpaired) electrons. The fourth-order valence-electron chi connectivity index (χ4n) is 3.62. The predicted octanol–water partition coefficient (Wildman–Crippen LogP) is 0.632. The molecule has 0 spiro atoms. The van der Waals surface area contributed by atoms with E-state index in [9.17, 15) is 9.90 Å². The molecular formula is C16H26N4O2S. The van der Waals surface area contributed by atoms with Gasteiger partial charge in [-0.3, -0.25) is 14.6 Å². The molecule has 2 atom stereocenters. The van der Waals surface area contributed by atoms with E-state index in [1.54, 1.807) is 18.3 Å². The Bertz CT molecular complexity index is 502. The molecule has 2 aliphatic rings. The van der Waals surface area contributed by atoms with Crippen LogP contribution in [0.2, 0.25) is 0 Å². The molecule has 0 aliphatic carbocycles. The molecule has 1 aromatic heterocycles. The molecule has 7 heteroatoms. The highest BCUT2D eigenvalue weighted by Gasteiger charge is 2.32. The average Bonchev–Trinajstić information content (AvgIpc) is 2.99. The van der Waals surface area contributed by atoms with E-state index in [0.717, 1.165) is 64.3 Å². The molecule has 3 rings (SSSR count). The third kappa shape index (κ3) is 4.29. The van der Waals surface area contributed by atoms with Crippen molar-refractivity contribution in [2.24, 2.45) is 0 Å². The van der Waals surface area contributed by atoms with Gasteiger partial charge in [-0.15, -0.1) is 11.3 Å². The van der Waals surface area contributed by atoms with Crippen LogP contribution in [-0.4, -0.2) is 82.1 Å². The summed E-state index contributed by atoms with van der Waals surface area (Å²) in [6.45, 7) is 7.71. The van der Waals surface area contributed by atoms with Crippen molar-refractivity contribution < 1.29 is 9.90 Å². The molecule has 0 bridgehead atoms. The van der Waals surface area contributed by atoms with Gasteiger partial charge >= 0.3 is 0 Å². The van der Waals surface area contributed by atoms with Gasteiger partial charge in [-0.05, 0) is 12.8 Å². The minimum atomic E-state index is -0.278. The van der Waals surface area contributed by atoms with Crippen LogP contribution in [0.4, 0.5) is 0 Å². The number of likely N-dealkylation sites (tertiary alicyclic amines) is 1. The van der Waals surface area contributed by atoms with Crippen molar-refractivity contribution in [3.05, 3.63) is 16.6 Å². The zero-order chi connectivity index (χ0) is 16.2. The lowest BCUT2D eigenvalue weighted by Gasteiger charge is -2.40. The number of thiazole rings is 1. The van der Waals surface area contributed by atoms with Gasteiger partial charge < -0.3 is 10.0 Å². The van der Waals surface area contributed by atoms with E-state index in [4.69, 9.17) is 0 Å². The first-order chi connectivity index (χ1) is 11.1. The van der Waals surface area contributed by atoms with Gasteiger partial charge in [0.25, 0.3) is 0 Å². The molecule has 128 valence electrons. The fraction of sp³-hybridized carbons (Fsp3) is 0.750. The van der Waals surface area contributed by atoms with Gasteiger partial charge in [-0.25, -0.2) is 4.98 Å². The second-order valence-electron chi connectivity index (χ2n) is 6.51. The number of hydrogen-bond acceptors (Lipinski definition) is 6. The van der Waals surface area contributed by atoms with Gasteiger partial charge in [0.2, 0.25) is 5.91 Å². The van der Waals surface area contributed by atoms with Crippen LogP contribution in [0.5, 0.6) is 0 Å². The Kier molecular flexibility index (Phi) is 5.63. The van der Waals surface area contributed by atoms with E-state index in [1.807, 2.05) is 10.4 Å².